The molecule has 0 fully saturated rings. The molecular weight excluding hydrogens is 240 g/mol. The molecule has 1 unspecified atom stereocenters. The zero-order chi connectivity index (χ0) is 14.9. The Hall–Kier alpha value is 0. The van der Waals surface area contributed by atoms with Crippen LogP contribution >= 0.6 is 0 Å². The van der Waals surface area contributed by atoms with Crippen molar-refractivity contribution < 1.29 is 0 Å². The lowest BCUT2D eigenvalue weighted by Crippen LogP contribution is -1.94. The summed E-state index contributed by atoms with van der Waals surface area (Å²) in [5, 5.41) is 0. The molecular formula is C20H42. The van der Waals surface area contributed by atoms with E-state index in [1.54, 1.807) is 0 Å². The van der Waals surface area contributed by atoms with Crippen LogP contribution in [0.2, 0.25) is 0 Å². The van der Waals surface area contributed by atoms with Crippen LogP contribution in [-0.2, 0) is 0 Å². The van der Waals surface area contributed by atoms with E-state index in [0.717, 1.165) is 5.92 Å². The van der Waals surface area contributed by atoms with Crippen molar-refractivity contribution >= 4 is 0 Å². The van der Waals surface area contributed by atoms with E-state index in [9.17, 15) is 0 Å². The van der Waals surface area contributed by atoms with Crippen molar-refractivity contribution in [3.05, 3.63) is 0 Å². The zero-order valence-corrected chi connectivity index (χ0v) is 14.9. The van der Waals surface area contributed by atoms with Crippen LogP contribution in [0.1, 0.15) is 124 Å². The highest BCUT2D eigenvalue weighted by Crippen LogP contribution is 2.17. The lowest BCUT2D eigenvalue weighted by Gasteiger charge is -2.10. The Morgan fingerprint density at radius 1 is 0.450 bits per heavy atom. The molecule has 0 aromatic carbocycles. The van der Waals surface area contributed by atoms with Gasteiger partial charge in [0.05, 0.1) is 0 Å². The molecule has 0 bridgehead atoms. The predicted octanol–water partition coefficient (Wildman–Crippen LogP) is 7.90. The van der Waals surface area contributed by atoms with Gasteiger partial charge in [-0.2, -0.15) is 0 Å². The summed E-state index contributed by atoms with van der Waals surface area (Å²) in [6.07, 6.45) is 23.3. The summed E-state index contributed by atoms with van der Waals surface area (Å²) in [4.78, 5) is 0. The first-order chi connectivity index (χ1) is 9.81. The number of rotatable bonds is 16. The van der Waals surface area contributed by atoms with E-state index in [-0.39, 0.29) is 0 Å². The summed E-state index contributed by atoms with van der Waals surface area (Å²) in [5.41, 5.74) is 0. The van der Waals surface area contributed by atoms with Crippen molar-refractivity contribution in [3.8, 4) is 0 Å². The van der Waals surface area contributed by atoms with Crippen LogP contribution in [-0.4, -0.2) is 0 Å². The Kier molecular flexibility index (Phi) is 17.1. The maximum absolute atomic E-state index is 2.44. The zero-order valence-electron chi connectivity index (χ0n) is 14.9. The molecule has 0 aliphatic carbocycles. The highest BCUT2D eigenvalue weighted by molar-refractivity contribution is 4.54. The summed E-state index contributed by atoms with van der Waals surface area (Å²) in [6, 6.07) is 0. The first kappa shape index (κ1) is 20.0. The molecule has 122 valence electrons. The molecule has 0 aliphatic heterocycles. The second kappa shape index (κ2) is 17.1. The standard InChI is InChI=1S/C20H42/c1-4-6-8-9-10-11-12-13-14-15-16-17-19-20(3)18-7-5-2/h20H,4-19H2,1-3H3. The summed E-state index contributed by atoms with van der Waals surface area (Å²) in [6.45, 7) is 7.04. The van der Waals surface area contributed by atoms with Crippen LogP contribution in [0.3, 0.4) is 0 Å². The van der Waals surface area contributed by atoms with Gasteiger partial charge in [-0.15, -0.1) is 0 Å². The van der Waals surface area contributed by atoms with E-state index < -0.39 is 0 Å². The molecule has 0 spiro atoms. The summed E-state index contributed by atoms with van der Waals surface area (Å²) >= 11 is 0. The van der Waals surface area contributed by atoms with Gasteiger partial charge in [0.15, 0.2) is 0 Å². The quantitative estimate of drug-likeness (QED) is 0.252. The lowest BCUT2D eigenvalue weighted by atomic mass is 9.97. The smallest absolute Gasteiger partial charge is 0.0443 e. The third-order valence-electron chi connectivity index (χ3n) is 4.60. The van der Waals surface area contributed by atoms with Gasteiger partial charge in [-0.05, 0) is 5.92 Å². The van der Waals surface area contributed by atoms with Gasteiger partial charge >= 0.3 is 0 Å². The SMILES string of the molecule is CCCCCCCCCCCCCCC(C)CCCC. The molecule has 0 aliphatic rings. The van der Waals surface area contributed by atoms with E-state index >= 15 is 0 Å². The Balaban J connectivity index is 3.02. The minimum absolute atomic E-state index is 0.970. The Labute approximate surface area is 130 Å². The second-order valence-electron chi connectivity index (χ2n) is 6.93. The number of unbranched alkanes of at least 4 members (excludes halogenated alkanes) is 12. The van der Waals surface area contributed by atoms with Crippen LogP contribution in [0, 0.1) is 5.92 Å². The molecule has 0 rings (SSSR count). The van der Waals surface area contributed by atoms with Crippen LogP contribution in [0.5, 0.6) is 0 Å². The van der Waals surface area contributed by atoms with Crippen molar-refractivity contribution in [3.63, 3.8) is 0 Å². The fourth-order valence-electron chi connectivity index (χ4n) is 3.03. The molecule has 0 heterocycles. The number of hydrogen-bond donors (Lipinski definition) is 0. The second-order valence-corrected chi connectivity index (χ2v) is 6.93. The highest BCUT2D eigenvalue weighted by atomic mass is 14.1. The third kappa shape index (κ3) is 16.1. The van der Waals surface area contributed by atoms with Crippen molar-refractivity contribution in [2.45, 2.75) is 124 Å². The van der Waals surface area contributed by atoms with Crippen LogP contribution < -0.4 is 0 Å². The number of hydrogen-bond acceptors (Lipinski definition) is 0. The average Bonchev–Trinajstić information content (AvgIpc) is 2.46. The van der Waals surface area contributed by atoms with Crippen molar-refractivity contribution in [2.75, 3.05) is 0 Å². The minimum atomic E-state index is 0.970. The minimum Gasteiger partial charge on any atom is -0.0654 e. The van der Waals surface area contributed by atoms with Gasteiger partial charge in [0.2, 0.25) is 0 Å². The molecule has 0 amide bonds. The van der Waals surface area contributed by atoms with Gasteiger partial charge in [0.25, 0.3) is 0 Å². The third-order valence-corrected chi connectivity index (χ3v) is 4.60. The Morgan fingerprint density at radius 2 is 0.800 bits per heavy atom. The first-order valence-corrected chi connectivity index (χ1v) is 9.81. The predicted molar refractivity (Wildman–Crippen MR) is 94.4 cm³/mol. The van der Waals surface area contributed by atoms with E-state index in [4.69, 9.17) is 0 Å². The van der Waals surface area contributed by atoms with Crippen molar-refractivity contribution in [1.29, 1.82) is 0 Å². The van der Waals surface area contributed by atoms with Gasteiger partial charge in [-0.3, -0.25) is 0 Å². The van der Waals surface area contributed by atoms with Crippen LogP contribution in [0.4, 0.5) is 0 Å². The topological polar surface area (TPSA) is 0 Å². The largest absolute Gasteiger partial charge is 0.0654 e. The molecule has 0 heteroatoms. The van der Waals surface area contributed by atoms with Crippen LogP contribution in [0.25, 0.3) is 0 Å². The van der Waals surface area contributed by atoms with Crippen molar-refractivity contribution in [2.24, 2.45) is 5.92 Å². The fraction of sp³-hybridized carbons (Fsp3) is 1.00. The maximum Gasteiger partial charge on any atom is -0.0443 e. The van der Waals surface area contributed by atoms with Gasteiger partial charge in [-0.25, -0.2) is 0 Å². The van der Waals surface area contributed by atoms with E-state index in [2.05, 4.69) is 20.8 Å². The lowest BCUT2D eigenvalue weighted by molar-refractivity contribution is 0.440. The monoisotopic (exact) mass is 282 g/mol. The molecule has 0 N–H and O–H groups in total. The fourth-order valence-corrected chi connectivity index (χ4v) is 3.03. The molecule has 0 aromatic rings. The molecule has 0 nitrogen and oxygen atoms in total. The average molecular weight is 283 g/mol. The molecule has 0 aromatic heterocycles. The molecule has 0 radical (unpaired) electrons. The van der Waals surface area contributed by atoms with Crippen LogP contribution in [0.15, 0.2) is 0 Å². The summed E-state index contributed by atoms with van der Waals surface area (Å²) < 4.78 is 0. The van der Waals surface area contributed by atoms with E-state index in [1.165, 1.54) is 103 Å². The summed E-state index contributed by atoms with van der Waals surface area (Å²) in [5.74, 6) is 0.970. The van der Waals surface area contributed by atoms with E-state index in [0.29, 0.717) is 0 Å². The molecule has 20 heavy (non-hydrogen) atoms. The van der Waals surface area contributed by atoms with Gasteiger partial charge in [-0.1, -0.05) is 124 Å². The molecule has 0 saturated heterocycles. The van der Waals surface area contributed by atoms with Gasteiger partial charge in [0, 0.05) is 0 Å². The summed E-state index contributed by atoms with van der Waals surface area (Å²) in [7, 11) is 0. The van der Waals surface area contributed by atoms with Gasteiger partial charge < -0.3 is 0 Å². The highest BCUT2D eigenvalue weighted by Gasteiger charge is 2.00. The van der Waals surface area contributed by atoms with E-state index in [1.807, 2.05) is 0 Å². The maximum atomic E-state index is 2.44. The Morgan fingerprint density at radius 3 is 1.25 bits per heavy atom. The molecule has 1 atom stereocenters. The van der Waals surface area contributed by atoms with Crippen molar-refractivity contribution in [1.82, 2.24) is 0 Å². The Bertz CT molecular complexity index is 161. The van der Waals surface area contributed by atoms with Gasteiger partial charge in [0.1, 0.15) is 0 Å². The first-order valence-electron chi connectivity index (χ1n) is 9.81. The normalized spacial score (nSPS) is 12.8. The molecule has 0 saturated carbocycles.